The number of alkyl halides is 3. The number of imide groups is 1. The molecular weight excluding hydrogens is 981 g/mol. The Hall–Kier alpha value is -7.15. The molecule has 3 aromatic rings. The summed E-state index contributed by atoms with van der Waals surface area (Å²) in [6.45, 7) is 4.29. The van der Waals surface area contributed by atoms with E-state index in [4.69, 9.17) is 17.3 Å². The summed E-state index contributed by atoms with van der Waals surface area (Å²) in [4.78, 5) is 114. The number of aliphatic carboxylic acids is 1. The Labute approximate surface area is 412 Å². The number of carboxylic acid groups (broad SMARTS) is 1. The molecular formula is C47H52ClF3N6O15. The molecule has 0 spiro atoms. The highest BCUT2D eigenvalue weighted by Crippen LogP contribution is 2.52. The Kier molecular flexibility index (Phi) is 15.9. The summed E-state index contributed by atoms with van der Waals surface area (Å²) in [5.74, 6) is -11.9. The quantitative estimate of drug-likeness (QED) is 0.0590. The molecule has 0 bridgehead atoms. The number of fused-ring (bicyclic) bond motifs is 4. The first-order valence-corrected chi connectivity index (χ1v) is 22.3. The average molecular weight is 1030 g/mol. The number of halogens is 4. The van der Waals surface area contributed by atoms with Crippen molar-refractivity contribution in [2.45, 2.75) is 94.8 Å². The minimum Gasteiger partial charge on any atom is -0.508 e. The highest BCUT2D eigenvalue weighted by molar-refractivity contribution is 6.37. The minimum atomic E-state index is -5.08. The van der Waals surface area contributed by atoms with Gasteiger partial charge in [-0.05, 0) is 103 Å². The van der Waals surface area contributed by atoms with Crippen LogP contribution in [0.4, 0.5) is 13.2 Å². The molecule has 0 radical (unpaired) electrons. The highest BCUT2D eigenvalue weighted by Gasteiger charge is 2.62. The predicted octanol–water partition coefficient (Wildman–Crippen LogP) is 1.85. The lowest BCUT2D eigenvalue weighted by atomic mass is 9.61. The van der Waals surface area contributed by atoms with Crippen molar-refractivity contribution in [2.75, 3.05) is 27.2 Å². The van der Waals surface area contributed by atoms with E-state index < -0.39 is 124 Å². The van der Waals surface area contributed by atoms with Crippen molar-refractivity contribution in [1.82, 2.24) is 25.8 Å². The molecule has 1 aliphatic heterocycles. The van der Waals surface area contributed by atoms with Crippen LogP contribution in [0.5, 0.6) is 11.5 Å². The van der Waals surface area contributed by atoms with Crippen molar-refractivity contribution in [3.05, 3.63) is 80.6 Å². The van der Waals surface area contributed by atoms with E-state index in [0.29, 0.717) is 23.4 Å². The molecule has 0 fully saturated rings. The van der Waals surface area contributed by atoms with Gasteiger partial charge in [-0.15, -0.1) is 0 Å². The fourth-order valence-electron chi connectivity index (χ4n) is 8.88. The fourth-order valence-corrected chi connectivity index (χ4v) is 9.18. The Morgan fingerprint density at radius 1 is 0.931 bits per heavy atom. The number of carbonyl (C=O) groups excluding carboxylic acids is 8. The molecule has 5 atom stereocenters. The maximum atomic E-state index is 13.6. The van der Waals surface area contributed by atoms with E-state index in [0.717, 1.165) is 4.90 Å². The third-order valence-corrected chi connectivity index (χ3v) is 13.0. The Morgan fingerprint density at radius 3 is 2.04 bits per heavy atom. The van der Waals surface area contributed by atoms with E-state index in [1.54, 1.807) is 19.1 Å². The lowest BCUT2D eigenvalue weighted by Gasteiger charge is -2.47. The average Bonchev–Trinajstić information content (AvgIpc) is 3.50. The van der Waals surface area contributed by atoms with E-state index in [1.807, 2.05) is 5.32 Å². The number of ketones is 2. The second-order valence-corrected chi connectivity index (χ2v) is 18.9. The summed E-state index contributed by atoms with van der Waals surface area (Å²) in [6.07, 6.45) is -6.34. The number of unbranched alkanes of at least 4 members (excludes halogenated alkanes) is 1. The molecule has 1 heterocycles. The molecule has 2 aliphatic carbocycles. The van der Waals surface area contributed by atoms with Crippen molar-refractivity contribution in [2.24, 2.45) is 11.7 Å². The number of amides is 6. The van der Waals surface area contributed by atoms with Crippen LogP contribution in [0.15, 0.2) is 47.7 Å². The van der Waals surface area contributed by atoms with Gasteiger partial charge in [-0.25, -0.2) is 4.79 Å². The number of aryl methyl sites for hydroxylation is 1. The molecule has 25 heteroatoms. The van der Waals surface area contributed by atoms with Gasteiger partial charge in [0.15, 0.2) is 17.0 Å². The highest BCUT2D eigenvalue weighted by atomic mass is 35.5. The van der Waals surface area contributed by atoms with Crippen LogP contribution in [0.1, 0.15) is 88.7 Å². The maximum Gasteiger partial charge on any atom is 0.417 e. The summed E-state index contributed by atoms with van der Waals surface area (Å²) < 4.78 is 38.2. The van der Waals surface area contributed by atoms with Gasteiger partial charge in [0.2, 0.25) is 23.5 Å². The van der Waals surface area contributed by atoms with Gasteiger partial charge in [-0.2, -0.15) is 13.2 Å². The maximum absolute atomic E-state index is 13.6. The second kappa shape index (κ2) is 20.5. The first-order valence-electron chi connectivity index (χ1n) is 21.9. The Bertz CT molecular complexity index is 2810. The summed E-state index contributed by atoms with van der Waals surface area (Å²) in [5.41, 5.74) is -2.22. The zero-order chi connectivity index (χ0) is 54.3. The summed E-state index contributed by atoms with van der Waals surface area (Å²) in [6, 6.07) is 6.14. The SMILES string of the molecule is CC(C)(NC(=O)CN1C(=O)c2ccccc2C1=O)C(=O)NCCCCC(NC(=O)CC(C)(O)C(F)(F)F)C(=O)O.Cc1c2c(c(O)c3c(O)ccc(Cl)c13)C(=O)C1(O)C(O)=C(C(N)=O)C(=O)C(N(C)C)C1C2. The lowest BCUT2D eigenvalue weighted by Crippen LogP contribution is -2.64. The number of carboxylic acids is 1. The van der Waals surface area contributed by atoms with Gasteiger partial charge in [-0.1, -0.05) is 23.7 Å². The number of hydrogen-bond donors (Lipinski definition) is 10. The van der Waals surface area contributed by atoms with Crippen molar-refractivity contribution in [1.29, 1.82) is 0 Å². The number of aromatic hydroxyl groups is 2. The number of phenols is 2. The number of nitrogens with zero attached hydrogens (tertiary/aromatic N) is 2. The number of phenolic OH excluding ortho intramolecular Hbond substituents is 2. The van der Waals surface area contributed by atoms with E-state index >= 15 is 0 Å². The lowest BCUT2D eigenvalue weighted by molar-refractivity contribution is -0.253. The van der Waals surface area contributed by atoms with Crippen LogP contribution in [-0.4, -0.2) is 156 Å². The third-order valence-electron chi connectivity index (χ3n) is 12.7. The van der Waals surface area contributed by atoms with Gasteiger partial charge < -0.3 is 52.3 Å². The molecule has 0 saturated carbocycles. The second-order valence-electron chi connectivity index (χ2n) is 18.5. The minimum absolute atomic E-state index is 0.0413. The topological polar surface area (TPSA) is 344 Å². The van der Waals surface area contributed by atoms with Crippen LogP contribution in [0.2, 0.25) is 5.02 Å². The van der Waals surface area contributed by atoms with Crippen LogP contribution in [-0.2, 0) is 35.2 Å². The van der Waals surface area contributed by atoms with Crippen molar-refractivity contribution in [3.8, 4) is 11.5 Å². The van der Waals surface area contributed by atoms with Gasteiger partial charge in [0, 0.05) is 22.9 Å². The normalized spacial score (nSPS) is 19.9. The van der Waals surface area contributed by atoms with Crippen molar-refractivity contribution < 1.29 is 87.0 Å². The molecule has 5 unspecified atom stereocenters. The molecule has 0 saturated heterocycles. The zero-order valence-corrected chi connectivity index (χ0v) is 40.2. The molecule has 6 amide bonds. The van der Waals surface area contributed by atoms with Gasteiger partial charge in [0.05, 0.1) is 34.5 Å². The number of rotatable bonds is 15. The van der Waals surface area contributed by atoms with Gasteiger partial charge >= 0.3 is 12.1 Å². The van der Waals surface area contributed by atoms with Gasteiger partial charge in [0.1, 0.15) is 41.0 Å². The van der Waals surface area contributed by atoms with Crippen LogP contribution in [0.25, 0.3) is 10.8 Å². The van der Waals surface area contributed by atoms with Crippen LogP contribution in [0, 0.1) is 12.8 Å². The number of benzene rings is 3. The number of carbonyl (C=O) groups is 9. The predicted molar refractivity (Wildman–Crippen MR) is 247 cm³/mol. The molecule has 6 rings (SSSR count). The van der Waals surface area contributed by atoms with E-state index in [-0.39, 0.29) is 65.1 Å². The standard InChI is InChI=1S/C25H31F3N4O8.C22H21ClN2O7/c1-23(2,31-18(34)13-32-19(35)14-8-4-5-9-15(14)20(32)36)22(39)29-11-7-6-10-16(21(37)38)30-17(33)12-24(3,40)25(26,27)28;1-7-8-6-9-16(25(2)3)18(28)15(21(24)31)20(30)22(9,32)19(29)13(8)17(27)14-11(26)5-4-10(23)12(7)14/h4-5,8-9,16,40H,6-7,10-13H2,1-3H3,(H,29,39)(H,30,33)(H,31,34)(H,37,38);4-5,9,16,26-27,30,32H,6H2,1-3H3,(H2,24,31). The first kappa shape index (κ1) is 55.8. The number of aliphatic hydroxyl groups is 3. The number of aliphatic hydroxyl groups excluding tert-OH is 1. The Morgan fingerprint density at radius 2 is 1.51 bits per heavy atom. The Balaban J connectivity index is 0.000000273. The first-order chi connectivity index (χ1) is 33.2. The fraction of sp³-hybridized carbons (Fsp3) is 0.426. The van der Waals surface area contributed by atoms with Gasteiger partial charge in [0.25, 0.3) is 17.7 Å². The molecule has 11 N–H and O–H groups in total. The monoisotopic (exact) mass is 1030 g/mol. The number of likely N-dealkylation sites (N-methyl/N-ethyl adjacent to an activating group) is 1. The zero-order valence-electron chi connectivity index (χ0n) is 39.5. The summed E-state index contributed by atoms with van der Waals surface area (Å²) >= 11 is 6.31. The molecule has 3 aliphatic rings. The third kappa shape index (κ3) is 10.4. The molecule has 21 nitrogen and oxygen atoms in total. The summed E-state index contributed by atoms with van der Waals surface area (Å²) in [7, 11) is 3.06. The molecule has 72 heavy (non-hydrogen) atoms. The number of hydrogen-bond acceptors (Lipinski definition) is 15. The smallest absolute Gasteiger partial charge is 0.417 e. The van der Waals surface area contributed by atoms with Crippen LogP contribution >= 0.6 is 11.6 Å². The number of Topliss-reactive ketones (excluding diaryl/α,β-unsaturated/α-hetero) is 2. The van der Waals surface area contributed by atoms with E-state index in [9.17, 15) is 87.0 Å². The molecule has 388 valence electrons. The van der Waals surface area contributed by atoms with Crippen molar-refractivity contribution in [3.63, 3.8) is 0 Å². The van der Waals surface area contributed by atoms with Crippen molar-refractivity contribution >= 4 is 75.4 Å². The van der Waals surface area contributed by atoms with Crippen LogP contribution < -0.4 is 21.7 Å². The number of nitrogens with one attached hydrogen (secondary N) is 3. The van der Waals surface area contributed by atoms with E-state index in [2.05, 4.69) is 10.6 Å². The summed E-state index contributed by atoms with van der Waals surface area (Å²) in [5, 5.41) is 69.6. The number of primary amides is 1. The molecule has 3 aromatic carbocycles. The van der Waals surface area contributed by atoms with Crippen LogP contribution in [0.3, 0.4) is 0 Å². The largest absolute Gasteiger partial charge is 0.508 e. The molecule has 0 aromatic heterocycles. The number of nitrogens with two attached hydrogens (primary N) is 1. The van der Waals surface area contributed by atoms with E-state index in [1.165, 1.54) is 57.1 Å². The van der Waals surface area contributed by atoms with Gasteiger partial charge in [-0.3, -0.25) is 48.2 Å².